The molecule has 0 aliphatic carbocycles. The van der Waals surface area contributed by atoms with Gasteiger partial charge in [0.1, 0.15) is 58.7 Å². The van der Waals surface area contributed by atoms with Crippen molar-refractivity contribution in [1.82, 2.24) is 66.9 Å². The van der Waals surface area contributed by atoms with Crippen LogP contribution >= 0.6 is 0 Å². The van der Waals surface area contributed by atoms with E-state index >= 15 is 0 Å². The van der Waals surface area contributed by atoms with Crippen molar-refractivity contribution in [2.45, 2.75) is 135 Å². The highest BCUT2D eigenvalue weighted by Crippen LogP contribution is 2.39. The fourth-order valence-electron chi connectivity index (χ4n) is 20.8. The number of benzene rings is 5. The van der Waals surface area contributed by atoms with Gasteiger partial charge >= 0.3 is 0 Å². The number of amides is 3. The number of hydrogen-bond donors (Lipinski definition) is 3. The number of halogens is 1. The summed E-state index contributed by atoms with van der Waals surface area (Å²) in [7, 11) is -16.8. The number of carbonyl (C=O) groups is 4. The van der Waals surface area contributed by atoms with Gasteiger partial charge in [0.05, 0.1) is 50.2 Å². The Hall–Kier alpha value is -8.18. The van der Waals surface area contributed by atoms with Gasteiger partial charge in [0, 0.05) is 124 Å². The van der Waals surface area contributed by atoms with Crippen LogP contribution < -0.4 is 53.8 Å². The zero-order chi connectivity index (χ0) is 102. The maximum atomic E-state index is 13.2. The third-order valence-corrected chi connectivity index (χ3v) is 39.1. The van der Waals surface area contributed by atoms with Gasteiger partial charge in [-0.3, -0.25) is 19.2 Å². The fraction of sp³-hybridized carbons (Fsp3) is 0.667. The molecule has 5 aromatic carbocycles. The number of likely N-dealkylation sites (tertiary alicyclic amines) is 4. The smallest absolute Gasteiger partial charge is 0.255 e. The molecule has 0 atom stereocenters. The molecule has 0 bridgehead atoms. The van der Waals surface area contributed by atoms with Crippen LogP contribution in [0.25, 0.3) is 0 Å². The lowest BCUT2D eigenvalue weighted by atomic mass is 9.90. The molecule has 5 aromatic rings. The molecule has 17 rings (SSSR count). The summed E-state index contributed by atoms with van der Waals surface area (Å²) in [5, 5.41) is 9.15. The van der Waals surface area contributed by atoms with Gasteiger partial charge < -0.3 is 83.2 Å². The van der Waals surface area contributed by atoms with Crippen molar-refractivity contribution >= 4 is 73.6 Å². The predicted octanol–water partition coefficient (Wildman–Crippen LogP) is 8.25. The predicted molar refractivity (Wildman–Crippen MR) is 549 cm³/mol. The fourth-order valence-corrected chi connectivity index (χ4v) is 28.2. The summed E-state index contributed by atoms with van der Waals surface area (Å²) in [5.74, 6) is 6.85. The molecule has 36 nitrogen and oxygen atoms in total. The van der Waals surface area contributed by atoms with E-state index in [1.165, 1.54) is 20.7 Å². The van der Waals surface area contributed by atoms with Crippen molar-refractivity contribution in [3.8, 4) is 46.0 Å². The largest absolute Gasteiger partial charge is 0.486 e. The van der Waals surface area contributed by atoms with E-state index in [0.717, 1.165) is 200 Å². The number of sulfonamides is 5. The number of Topliss-reactive ketones (excluding diaryl/α,β-unsaturated/α-hetero) is 1. The highest BCUT2D eigenvalue weighted by molar-refractivity contribution is 7.90. The third-order valence-electron chi connectivity index (χ3n) is 29.3. The van der Waals surface area contributed by atoms with Gasteiger partial charge in [-0.05, 0) is 284 Å². The second-order valence-corrected chi connectivity index (χ2v) is 50.2. The average Bonchev–Trinajstić information content (AvgIpc) is 0.842. The van der Waals surface area contributed by atoms with Crippen LogP contribution in [0.4, 0.5) is 4.39 Å². The van der Waals surface area contributed by atoms with Crippen LogP contribution in [-0.4, -0.2) is 395 Å². The van der Waals surface area contributed by atoms with Crippen LogP contribution in [0.3, 0.4) is 0 Å². The highest BCUT2D eigenvalue weighted by Gasteiger charge is 2.38. The van der Waals surface area contributed by atoms with Crippen molar-refractivity contribution in [2.24, 2.45) is 29.6 Å². The molecule has 800 valence electrons. The van der Waals surface area contributed by atoms with E-state index in [1.807, 2.05) is 42.5 Å². The zero-order valence-corrected chi connectivity index (χ0v) is 88.5. The lowest BCUT2D eigenvalue weighted by Crippen LogP contribution is -2.51. The highest BCUT2D eigenvalue weighted by atomic mass is 32.2. The number of ketones is 1. The number of piperidine rings is 5. The quantitative estimate of drug-likeness (QED) is 0.0313. The van der Waals surface area contributed by atoms with Crippen LogP contribution in [0, 0.1) is 35.4 Å². The molecule has 0 spiro atoms. The molecule has 3 amide bonds. The van der Waals surface area contributed by atoms with Gasteiger partial charge in [0.15, 0.2) is 51.8 Å². The normalized spacial score (nSPS) is 20.4. The molecule has 8 saturated heterocycles. The lowest BCUT2D eigenvalue weighted by Gasteiger charge is -2.35. The van der Waals surface area contributed by atoms with Crippen LogP contribution in [0.15, 0.2) is 102 Å². The number of para-hydroxylation sites is 4. The number of carbonyl (C=O) groups excluding carboxylic acids is 4. The molecular weight excluding hydrogens is 1950 g/mol. The van der Waals surface area contributed by atoms with Crippen molar-refractivity contribution in [3.05, 3.63) is 125 Å². The third kappa shape index (κ3) is 32.4. The van der Waals surface area contributed by atoms with Crippen LogP contribution in [-0.2, 0) is 50.1 Å². The van der Waals surface area contributed by atoms with E-state index in [4.69, 9.17) is 37.9 Å². The minimum absolute atomic E-state index is 0.000874. The Morgan fingerprint density at radius 1 is 0.333 bits per heavy atom. The van der Waals surface area contributed by atoms with Gasteiger partial charge in [-0.2, -0.15) is 17.2 Å². The first-order valence-corrected chi connectivity index (χ1v) is 60.2. The summed E-state index contributed by atoms with van der Waals surface area (Å²) >= 11 is 0. The Bertz CT molecular complexity index is 5570. The number of likely N-dealkylation sites (N-methyl/N-ethyl adjacent to an activating group) is 1. The summed E-state index contributed by atoms with van der Waals surface area (Å²) in [6.45, 7) is 32.0. The lowest BCUT2D eigenvalue weighted by molar-refractivity contribution is 0.0917. The number of piperazine rings is 3. The molecule has 3 N–H and O–H groups in total. The van der Waals surface area contributed by atoms with E-state index in [2.05, 4.69) is 66.1 Å². The standard InChI is InChI=1S/C28H37FN4O7S2.C26H42N4O5S.C24H38N4O5S.C24H36N2O5S/c29-23-5-7-24(8-6-23)42(37,38)33-16-14-32(15-17-33)41(35,36)20-2-11-31-12-9-22(10-13-31)21-30-28(34)25-3-1-4-26-27(25)40-19-18-39-26;1-21(2)20-29-12-14-30(15-13-29)36(32,33)18-4-9-28-10-7-22(8-11-28)19-27-26(31)23-5-3-6-24-25(23)35-17-16-34-24;1-2-26-12-14-28(15-13-26)34(30,31)18-4-9-27-10-7-20(8-11-27)19-25-24(29)21-5-3-6-22-23(21)33-17-16-32-22;27-22(21-6-4-7-23-24(21)31-18-17-30-23)9-8-20-10-15-25(16-11-20)12-5-19-32(28,29)26-13-2-1-3-14-26/h1,3-8,22H,2,9-21H2,(H,30,34);3,5-6,21-22H,4,7-20H2,1-2H3,(H,27,31);3,5-6,20H,2,4,7-19H2,1H3,(H,25,29);4,6-7,20H,1-3,5,8-19H2. The van der Waals surface area contributed by atoms with Gasteiger partial charge in [-0.15, -0.1) is 0 Å². The van der Waals surface area contributed by atoms with E-state index in [0.29, 0.717) is 248 Å². The van der Waals surface area contributed by atoms with Crippen molar-refractivity contribution in [1.29, 1.82) is 0 Å². The summed E-state index contributed by atoms with van der Waals surface area (Å²) in [6, 6.07) is 26.2. The number of ether oxygens (including phenoxy) is 8. The molecule has 12 aliphatic rings. The number of nitrogens with one attached hydrogen (secondary N) is 3. The summed E-state index contributed by atoms with van der Waals surface area (Å²) in [6.07, 6.45) is 15.0. The molecule has 8 fully saturated rings. The Morgan fingerprint density at radius 2 is 0.625 bits per heavy atom. The Labute approximate surface area is 852 Å². The number of nitrogens with zero attached hydrogens (tertiary/aromatic N) is 11. The van der Waals surface area contributed by atoms with Gasteiger partial charge in [0.2, 0.25) is 50.1 Å². The van der Waals surface area contributed by atoms with Crippen molar-refractivity contribution < 1.29 is 104 Å². The number of hydrogen-bond acceptors (Lipinski definition) is 28. The van der Waals surface area contributed by atoms with Gasteiger partial charge in [0.25, 0.3) is 17.7 Å². The van der Waals surface area contributed by atoms with Crippen LogP contribution in [0.5, 0.6) is 46.0 Å². The summed E-state index contributed by atoms with van der Waals surface area (Å²) in [4.78, 5) is 65.0. The zero-order valence-electron chi connectivity index (χ0n) is 84.4. The summed E-state index contributed by atoms with van der Waals surface area (Å²) in [5.41, 5.74) is 2.15. The van der Waals surface area contributed by atoms with E-state index < -0.39 is 55.9 Å². The first kappa shape index (κ1) is 111. The van der Waals surface area contributed by atoms with Gasteiger partial charge in [-0.25, -0.2) is 50.8 Å². The second kappa shape index (κ2) is 54.3. The molecule has 42 heteroatoms. The van der Waals surface area contributed by atoms with Crippen LogP contribution in [0.1, 0.15) is 171 Å². The molecule has 0 aromatic heterocycles. The SMILES string of the molecule is CC(C)CN1CCN(S(=O)(=O)CCCN2CCC(CNC(=O)c3cccc4c3OCCO4)CC2)CC1.CCN1CCN(S(=O)(=O)CCCN2CCC(CNC(=O)c3cccc4c3OCCO4)CC2)CC1.O=C(CCC1CCN(CCCS(=O)(=O)N2CCCCC2)CC1)c1cccc2c1OCCO2.O=C(NCC1CCN(CCCS(=O)(=O)N2CCN(S(=O)(=O)c3ccc(F)cc3)CC2)CC1)c1cccc2c1OCCO2. The number of rotatable bonds is 38. The molecular formula is C102H153FN14O22S5. The second-order valence-electron chi connectivity index (χ2n) is 39.9. The van der Waals surface area contributed by atoms with Crippen molar-refractivity contribution in [2.75, 3.05) is 279 Å². The Balaban J connectivity index is 0.000000153. The molecule has 12 aliphatic heterocycles. The molecule has 0 saturated carbocycles. The Kier molecular flexibility index (Phi) is 42.0. The first-order chi connectivity index (χ1) is 69.4. The maximum Gasteiger partial charge on any atom is 0.255 e. The number of fused-ring (bicyclic) bond motifs is 4. The minimum atomic E-state index is -3.81. The molecule has 12 heterocycles. The molecule has 0 unspecified atom stereocenters. The van der Waals surface area contributed by atoms with Crippen LogP contribution in [0.2, 0.25) is 0 Å². The monoisotopic (exact) mass is 2100 g/mol. The maximum absolute atomic E-state index is 13.2. The topological polar surface area (TPSA) is 385 Å². The van der Waals surface area contributed by atoms with Gasteiger partial charge in [-0.1, -0.05) is 51.5 Å². The van der Waals surface area contributed by atoms with E-state index in [1.54, 1.807) is 43.2 Å². The average molecular weight is 2110 g/mol. The van der Waals surface area contributed by atoms with Crippen molar-refractivity contribution in [3.63, 3.8) is 0 Å². The van der Waals surface area contributed by atoms with E-state index in [-0.39, 0.29) is 77.6 Å². The van der Waals surface area contributed by atoms with E-state index in [9.17, 15) is 65.7 Å². The molecule has 0 radical (unpaired) electrons. The molecule has 144 heavy (non-hydrogen) atoms. The minimum Gasteiger partial charge on any atom is -0.486 e. The first-order valence-electron chi connectivity index (χ1n) is 52.4. The summed E-state index contributed by atoms with van der Waals surface area (Å²) < 4.78 is 193. The Morgan fingerprint density at radius 3 is 0.958 bits per heavy atom.